The van der Waals surface area contributed by atoms with Gasteiger partial charge in [-0.1, -0.05) is 13.0 Å². The van der Waals surface area contributed by atoms with E-state index in [4.69, 9.17) is 4.74 Å². The van der Waals surface area contributed by atoms with Crippen LogP contribution in [0.2, 0.25) is 0 Å². The molecule has 0 spiro atoms. The van der Waals surface area contributed by atoms with E-state index in [1.807, 2.05) is 11.8 Å². The zero-order valence-electron chi connectivity index (χ0n) is 22.7. The summed E-state index contributed by atoms with van der Waals surface area (Å²) in [6.45, 7) is 4.27. The first-order valence-corrected chi connectivity index (χ1v) is 14.1. The van der Waals surface area contributed by atoms with Crippen molar-refractivity contribution in [3.05, 3.63) is 46.9 Å². The number of phenols is 1. The maximum Gasteiger partial charge on any atom is 0.318 e. The minimum atomic E-state index is -0.888. The van der Waals surface area contributed by atoms with Gasteiger partial charge in [-0.25, -0.2) is 8.78 Å². The third-order valence-corrected chi connectivity index (χ3v) is 9.08. The number of ether oxygens (including phenoxy) is 1. The number of phenolic OH excluding ortho intramolecular Hbond substituents is 1. The van der Waals surface area contributed by atoms with Crippen LogP contribution in [0.3, 0.4) is 0 Å². The largest absolute Gasteiger partial charge is 0.508 e. The van der Waals surface area contributed by atoms with Crippen molar-refractivity contribution in [1.29, 1.82) is 5.26 Å². The number of benzene rings is 2. The number of carbonyl (C=O) groups is 1. The molecule has 0 bridgehead atoms. The number of rotatable bonds is 6. The zero-order valence-corrected chi connectivity index (χ0v) is 22.7. The highest BCUT2D eigenvalue weighted by Gasteiger charge is 2.49. The molecule has 9 nitrogen and oxygen atoms in total. The van der Waals surface area contributed by atoms with E-state index in [1.54, 1.807) is 12.1 Å². The minimum absolute atomic E-state index is 0.0389. The van der Waals surface area contributed by atoms with Crippen LogP contribution in [-0.2, 0) is 13.0 Å². The van der Waals surface area contributed by atoms with E-state index >= 15 is 0 Å². The van der Waals surface area contributed by atoms with Crippen LogP contribution in [0.5, 0.6) is 11.8 Å². The van der Waals surface area contributed by atoms with Gasteiger partial charge in [0.1, 0.15) is 35.7 Å². The fraction of sp³-hybridized carbons (Fsp3) is 0.467. The smallest absolute Gasteiger partial charge is 0.318 e. The number of aryl methyl sites for hydroxylation is 1. The summed E-state index contributed by atoms with van der Waals surface area (Å²) >= 11 is 0. The Morgan fingerprint density at radius 1 is 1.24 bits per heavy atom. The Labute approximate surface area is 235 Å². The fourth-order valence-electron chi connectivity index (χ4n) is 7.07. The number of halogens is 2. The van der Waals surface area contributed by atoms with E-state index in [0.29, 0.717) is 71.6 Å². The van der Waals surface area contributed by atoms with Gasteiger partial charge in [-0.15, -0.1) is 0 Å². The Morgan fingerprint density at radius 3 is 2.85 bits per heavy atom. The predicted molar refractivity (Wildman–Crippen MR) is 147 cm³/mol. The van der Waals surface area contributed by atoms with Crippen molar-refractivity contribution in [2.24, 2.45) is 5.92 Å². The maximum atomic E-state index is 14.9. The van der Waals surface area contributed by atoms with Crippen LogP contribution in [-0.4, -0.2) is 70.4 Å². The lowest BCUT2D eigenvalue weighted by Crippen LogP contribution is -2.47. The summed E-state index contributed by atoms with van der Waals surface area (Å²) in [6.07, 6.45) is 1.75. The molecule has 2 atom stereocenters. The summed E-state index contributed by atoms with van der Waals surface area (Å²) in [5, 5.41) is 21.1. The normalized spacial score (nSPS) is 24.0. The highest BCUT2D eigenvalue weighted by molar-refractivity contribution is 6.16. The van der Waals surface area contributed by atoms with Crippen LogP contribution in [0.25, 0.3) is 10.8 Å². The van der Waals surface area contributed by atoms with Gasteiger partial charge in [-0.3, -0.25) is 9.69 Å². The summed E-state index contributed by atoms with van der Waals surface area (Å²) in [6, 6.07) is 8.36. The molecule has 1 aromatic heterocycles. The first kappa shape index (κ1) is 25.9. The lowest BCUT2D eigenvalue weighted by atomic mass is 9.95. The van der Waals surface area contributed by atoms with Crippen molar-refractivity contribution >= 4 is 28.2 Å². The van der Waals surface area contributed by atoms with Gasteiger partial charge in [0.2, 0.25) is 0 Å². The van der Waals surface area contributed by atoms with Crippen LogP contribution in [0.15, 0.2) is 24.3 Å². The SMILES string of the molecule is CCc1c(F)ccc2cc(O)cc(N3Cc4nc(OC[C@@]56CCCN5C[C@H](F)C6)nc(N5CC(C#N)C5)c4C3=O)c12. The third kappa shape index (κ3) is 4.07. The Balaban J connectivity index is 1.27. The van der Waals surface area contributed by atoms with Crippen LogP contribution >= 0.6 is 0 Å². The van der Waals surface area contributed by atoms with E-state index in [-0.39, 0.29) is 48.1 Å². The van der Waals surface area contributed by atoms with Crippen molar-refractivity contribution in [2.75, 3.05) is 42.6 Å². The average molecular weight is 561 g/mol. The average Bonchev–Trinajstić information content (AvgIpc) is 3.56. The van der Waals surface area contributed by atoms with Crippen molar-refractivity contribution in [2.45, 2.75) is 50.9 Å². The van der Waals surface area contributed by atoms with E-state index in [9.17, 15) is 23.9 Å². The number of aromatic hydroxyl groups is 1. The van der Waals surface area contributed by atoms with Gasteiger partial charge in [-0.05, 0) is 48.9 Å². The molecule has 2 aromatic carbocycles. The molecule has 4 aliphatic heterocycles. The number of amides is 1. The first-order chi connectivity index (χ1) is 19.8. The molecule has 0 radical (unpaired) electrons. The van der Waals surface area contributed by atoms with Crippen LogP contribution in [0, 0.1) is 23.1 Å². The molecule has 0 unspecified atom stereocenters. The van der Waals surface area contributed by atoms with Crippen molar-refractivity contribution in [3.63, 3.8) is 0 Å². The second-order valence-electron chi connectivity index (χ2n) is 11.6. The van der Waals surface area contributed by atoms with Gasteiger partial charge in [0, 0.05) is 37.5 Å². The van der Waals surface area contributed by atoms with Gasteiger partial charge in [-0.2, -0.15) is 15.2 Å². The molecule has 212 valence electrons. The van der Waals surface area contributed by atoms with Gasteiger partial charge < -0.3 is 19.6 Å². The monoisotopic (exact) mass is 560 g/mol. The molecule has 0 saturated carbocycles. The lowest BCUT2D eigenvalue weighted by molar-refractivity contribution is 0.0995. The number of anilines is 2. The van der Waals surface area contributed by atoms with Gasteiger partial charge in [0.05, 0.1) is 35.5 Å². The quantitative estimate of drug-likeness (QED) is 0.480. The molecule has 5 heterocycles. The molecule has 3 saturated heterocycles. The van der Waals surface area contributed by atoms with E-state index < -0.39 is 6.17 Å². The molecule has 4 aliphatic rings. The summed E-state index contributed by atoms with van der Waals surface area (Å²) in [5.74, 6) is -0.558. The second kappa shape index (κ2) is 9.52. The number of aromatic nitrogens is 2. The predicted octanol–water partition coefficient (Wildman–Crippen LogP) is 4.11. The Hall–Kier alpha value is -4.04. The first-order valence-electron chi connectivity index (χ1n) is 14.1. The summed E-state index contributed by atoms with van der Waals surface area (Å²) < 4.78 is 35.3. The van der Waals surface area contributed by atoms with Crippen LogP contribution in [0.1, 0.15) is 47.8 Å². The molecule has 3 fully saturated rings. The number of hydrogen-bond donors (Lipinski definition) is 1. The second-order valence-corrected chi connectivity index (χ2v) is 11.6. The third-order valence-electron chi connectivity index (χ3n) is 9.08. The van der Waals surface area contributed by atoms with Crippen LogP contribution in [0.4, 0.5) is 20.3 Å². The molecular weight excluding hydrogens is 530 g/mol. The molecule has 7 rings (SSSR count). The van der Waals surface area contributed by atoms with E-state index in [2.05, 4.69) is 20.9 Å². The van der Waals surface area contributed by atoms with Crippen molar-refractivity contribution < 1.29 is 23.4 Å². The Kier molecular flexibility index (Phi) is 6.01. The topological polar surface area (TPSA) is 106 Å². The zero-order chi connectivity index (χ0) is 28.5. The minimum Gasteiger partial charge on any atom is -0.508 e. The van der Waals surface area contributed by atoms with E-state index in [0.717, 1.165) is 19.4 Å². The number of nitrogens with zero attached hydrogens (tertiary/aromatic N) is 6. The summed E-state index contributed by atoms with van der Waals surface area (Å²) in [7, 11) is 0. The highest BCUT2D eigenvalue weighted by Crippen LogP contribution is 2.43. The molecule has 1 N–H and O–H groups in total. The molecule has 3 aromatic rings. The number of fused-ring (bicyclic) bond motifs is 3. The molecule has 11 heteroatoms. The van der Waals surface area contributed by atoms with Crippen LogP contribution < -0.4 is 14.5 Å². The van der Waals surface area contributed by atoms with Crippen molar-refractivity contribution in [3.8, 4) is 17.8 Å². The summed E-state index contributed by atoms with van der Waals surface area (Å²) in [4.78, 5) is 28.8. The summed E-state index contributed by atoms with van der Waals surface area (Å²) in [5.41, 5.74) is 1.24. The van der Waals surface area contributed by atoms with Gasteiger partial charge >= 0.3 is 6.01 Å². The molecule has 0 aliphatic carbocycles. The number of carbonyl (C=O) groups excluding carboxylic acids is 1. The van der Waals surface area contributed by atoms with Gasteiger partial charge in [0.25, 0.3) is 5.91 Å². The van der Waals surface area contributed by atoms with Gasteiger partial charge in [0.15, 0.2) is 0 Å². The number of hydrogen-bond acceptors (Lipinski definition) is 8. The lowest BCUT2D eigenvalue weighted by Gasteiger charge is -2.37. The fourth-order valence-corrected chi connectivity index (χ4v) is 7.07. The standard InChI is InChI=1S/C30H30F2N6O3/c1-2-21-22(32)5-4-18-8-20(39)9-24(25(18)21)38-15-23-26(28(38)40)27(36-12-17(11-33)13-36)35-29(34-23)41-16-30-6-3-7-37(30)14-19(31)10-30/h4-5,8-9,17,19,39H,2-3,6-7,10,12-16H2,1H3/t19-,30+/m1/s1. The Bertz CT molecular complexity index is 1620. The highest BCUT2D eigenvalue weighted by atomic mass is 19.1. The number of alkyl halides is 1. The number of nitriles is 1. The molecular formula is C30H30F2N6O3. The molecule has 1 amide bonds. The molecule has 41 heavy (non-hydrogen) atoms. The maximum absolute atomic E-state index is 14.9. The van der Waals surface area contributed by atoms with Crippen molar-refractivity contribution in [1.82, 2.24) is 14.9 Å². The van der Waals surface area contributed by atoms with E-state index in [1.165, 1.54) is 17.0 Å². The Morgan fingerprint density at radius 2 is 2.07 bits per heavy atom.